The molecule has 2 amide bonds. The van der Waals surface area contributed by atoms with Crippen molar-refractivity contribution in [1.82, 2.24) is 24.8 Å². The summed E-state index contributed by atoms with van der Waals surface area (Å²) in [4.78, 5) is 34.5. The maximum Gasteiger partial charge on any atom is 0.268 e. The summed E-state index contributed by atoms with van der Waals surface area (Å²) in [7, 11) is 1.88. The van der Waals surface area contributed by atoms with E-state index in [2.05, 4.69) is 15.3 Å². The van der Waals surface area contributed by atoms with Crippen molar-refractivity contribution in [3.63, 3.8) is 0 Å². The molecule has 1 N–H and O–H groups in total. The molecule has 3 aromatic rings. The zero-order valence-electron chi connectivity index (χ0n) is 17.7. The van der Waals surface area contributed by atoms with Crippen LogP contribution in [0.2, 0.25) is 0 Å². The second kappa shape index (κ2) is 8.78. The Morgan fingerprint density at radius 2 is 2.09 bits per heavy atom. The number of para-hydroxylation sites is 2. The topological polar surface area (TPSA) is 104 Å². The van der Waals surface area contributed by atoms with Gasteiger partial charge in [-0.05, 0) is 30.4 Å². The van der Waals surface area contributed by atoms with Crippen molar-refractivity contribution >= 4 is 35.0 Å². The molecule has 33 heavy (non-hydrogen) atoms. The number of hydrogen-bond acceptors (Lipinski definition) is 5. The highest BCUT2D eigenvalue weighted by Crippen LogP contribution is 2.31. The van der Waals surface area contributed by atoms with Crippen molar-refractivity contribution < 1.29 is 18.4 Å². The number of halogens is 2. The van der Waals surface area contributed by atoms with E-state index in [0.29, 0.717) is 11.4 Å². The number of imidazole rings is 1. The van der Waals surface area contributed by atoms with Gasteiger partial charge >= 0.3 is 0 Å². The average Bonchev–Trinajstić information content (AvgIpc) is 3.31. The number of benzene rings is 1. The number of pyridine rings is 1. The number of hydrogen-bond donors (Lipinski definition) is 1. The minimum Gasteiger partial charge on any atom is -0.343 e. The highest BCUT2D eigenvalue weighted by molar-refractivity contribution is 6.00. The first-order valence-electron chi connectivity index (χ1n) is 10.2. The summed E-state index contributed by atoms with van der Waals surface area (Å²) in [5, 5.41) is 11.5. The van der Waals surface area contributed by atoms with E-state index in [1.807, 2.05) is 35.9 Å². The first kappa shape index (κ1) is 22.1. The van der Waals surface area contributed by atoms with Gasteiger partial charge in [0, 0.05) is 37.0 Å². The van der Waals surface area contributed by atoms with Gasteiger partial charge in [-0.25, -0.2) is 13.8 Å². The first-order valence-corrected chi connectivity index (χ1v) is 10.2. The largest absolute Gasteiger partial charge is 0.343 e. The van der Waals surface area contributed by atoms with Crippen LogP contribution in [-0.2, 0) is 11.8 Å². The van der Waals surface area contributed by atoms with Gasteiger partial charge in [0.15, 0.2) is 0 Å². The molecule has 0 aliphatic carbocycles. The molecule has 1 saturated heterocycles. The van der Waals surface area contributed by atoms with E-state index in [0.717, 1.165) is 15.9 Å². The highest BCUT2D eigenvalue weighted by Gasteiger charge is 2.47. The lowest BCUT2D eigenvalue weighted by Crippen LogP contribution is -2.43. The SMILES string of the molecule is Cn1c(C=Cc2cnccc2C(=O)NCC(=O)N2CC(F)(F)CC2C#N)nc2ccccc21. The van der Waals surface area contributed by atoms with Crippen LogP contribution < -0.4 is 5.32 Å². The van der Waals surface area contributed by atoms with Crippen LogP contribution in [0.15, 0.2) is 42.7 Å². The molecule has 1 fully saturated rings. The Morgan fingerprint density at radius 1 is 1.30 bits per heavy atom. The van der Waals surface area contributed by atoms with E-state index in [4.69, 9.17) is 5.26 Å². The van der Waals surface area contributed by atoms with Crippen LogP contribution in [-0.4, -0.2) is 56.3 Å². The summed E-state index contributed by atoms with van der Waals surface area (Å²) in [6.45, 7) is -1.33. The molecule has 8 nitrogen and oxygen atoms in total. The van der Waals surface area contributed by atoms with Crippen LogP contribution in [0.3, 0.4) is 0 Å². The quantitative estimate of drug-likeness (QED) is 0.644. The third-order valence-electron chi connectivity index (χ3n) is 5.47. The lowest BCUT2D eigenvalue weighted by molar-refractivity contribution is -0.131. The number of amides is 2. The highest BCUT2D eigenvalue weighted by atomic mass is 19.3. The van der Waals surface area contributed by atoms with E-state index in [1.165, 1.54) is 18.5 Å². The van der Waals surface area contributed by atoms with Crippen LogP contribution in [0.1, 0.15) is 28.2 Å². The number of nitriles is 1. The number of alkyl halides is 2. The zero-order chi connectivity index (χ0) is 23.6. The predicted octanol–water partition coefficient (Wildman–Crippen LogP) is 2.63. The summed E-state index contributed by atoms with van der Waals surface area (Å²) in [5.41, 5.74) is 2.56. The Balaban J connectivity index is 1.47. The van der Waals surface area contributed by atoms with Crippen molar-refractivity contribution in [2.24, 2.45) is 7.05 Å². The molecule has 1 atom stereocenters. The number of nitrogens with one attached hydrogen (secondary N) is 1. The maximum atomic E-state index is 13.6. The van der Waals surface area contributed by atoms with Gasteiger partial charge in [-0.2, -0.15) is 5.26 Å². The van der Waals surface area contributed by atoms with Gasteiger partial charge in [0.05, 0.1) is 30.2 Å². The Kier molecular flexibility index (Phi) is 5.87. The van der Waals surface area contributed by atoms with Crippen LogP contribution in [0.5, 0.6) is 0 Å². The second-order valence-corrected chi connectivity index (χ2v) is 7.72. The molecule has 1 aromatic carbocycles. The number of likely N-dealkylation sites (tertiary alicyclic amines) is 1. The minimum absolute atomic E-state index is 0.261. The zero-order valence-corrected chi connectivity index (χ0v) is 17.7. The van der Waals surface area contributed by atoms with Crippen molar-refractivity contribution in [2.45, 2.75) is 18.4 Å². The Bertz CT molecular complexity index is 1290. The number of nitrogens with zero attached hydrogens (tertiary/aromatic N) is 5. The van der Waals surface area contributed by atoms with Crippen molar-refractivity contribution in [3.8, 4) is 6.07 Å². The van der Waals surface area contributed by atoms with Gasteiger partial charge in [-0.1, -0.05) is 12.1 Å². The average molecular weight is 450 g/mol. The normalized spacial score (nSPS) is 17.4. The van der Waals surface area contributed by atoms with E-state index < -0.39 is 43.3 Å². The molecule has 0 bridgehead atoms. The van der Waals surface area contributed by atoms with E-state index in [1.54, 1.807) is 18.2 Å². The third kappa shape index (κ3) is 4.57. The van der Waals surface area contributed by atoms with Gasteiger partial charge in [0.1, 0.15) is 11.9 Å². The van der Waals surface area contributed by atoms with Crippen LogP contribution in [0, 0.1) is 11.3 Å². The molecule has 168 valence electrons. The molecule has 1 aliphatic heterocycles. The fraction of sp³-hybridized carbons (Fsp3) is 0.261. The smallest absolute Gasteiger partial charge is 0.268 e. The van der Waals surface area contributed by atoms with Gasteiger partial charge in [0.2, 0.25) is 5.91 Å². The molecule has 1 unspecified atom stereocenters. The molecular formula is C23H20F2N6O2. The van der Waals surface area contributed by atoms with Crippen LogP contribution in [0.25, 0.3) is 23.2 Å². The molecule has 0 radical (unpaired) electrons. The van der Waals surface area contributed by atoms with E-state index >= 15 is 0 Å². The molecule has 0 spiro atoms. The summed E-state index contributed by atoms with van der Waals surface area (Å²) < 4.78 is 29.1. The number of rotatable bonds is 5. The van der Waals surface area contributed by atoms with Crippen LogP contribution in [0.4, 0.5) is 8.78 Å². The second-order valence-electron chi connectivity index (χ2n) is 7.72. The molecule has 1 aliphatic rings. The van der Waals surface area contributed by atoms with Gasteiger partial charge in [0.25, 0.3) is 11.8 Å². The molecular weight excluding hydrogens is 430 g/mol. The van der Waals surface area contributed by atoms with Gasteiger partial charge in [-0.3, -0.25) is 14.6 Å². The minimum atomic E-state index is -3.11. The number of aryl methyl sites for hydroxylation is 1. The van der Waals surface area contributed by atoms with E-state index in [9.17, 15) is 18.4 Å². The molecule has 10 heteroatoms. The monoisotopic (exact) mass is 450 g/mol. The first-order chi connectivity index (χ1) is 15.8. The number of carbonyl (C=O) groups excluding carboxylic acids is 2. The number of aromatic nitrogens is 3. The standard InChI is InChI=1S/C23H20F2N6O2/c1-30-19-5-3-2-4-18(19)29-20(30)7-6-15-12-27-9-8-17(15)22(33)28-13-21(32)31-14-23(24,25)10-16(31)11-26/h2-9,12,16H,10,13-14H2,1H3,(H,28,33). The summed E-state index contributed by atoms with van der Waals surface area (Å²) in [6.07, 6.45) is 5.68. The fourth-order valence-electron chi connectivity index (χ4n) is 3.77. The Hall–Kier alpha value is -4.13. The summed E-state index contributed by atoms with van der Waals surface area (Å²) in [5.74, 6) is -3.73. The molecule has 4 rings (SSSR count). The fourth-order valence-corrected chi connectivity index (χ4v) is 3.77. The molecule has 0 saturated carbocycles. The van der Waals surface area contributed by atoms with Gasteiger partial charge < -0.3 is 14.8 Å². The van der Waals surface area contributed by atoms with E-state index in [-0.39, 0.29) is 5.56 Å². The van der Waals surface area contributed by atoms with Crippen molar-refractivity contribution in [2.75, 3.05) is 13.1 Å². The maximum absolute atomic E-state index is 13.6. The number of carbonyl (C=O) groups is 2. The summed E-state index contributed by atoms with van der Waals surface area (Å²) in [6, 6.07) is 9.67. The third-order valence-corrected chi connectivity index (χ3v) is 5.47. The predicted molar refractivity (Wildman–Crippen MR) is 117 cm³/mol. The lowest BCUT2D eigenvalue weighted by Gasteiger charge is -2.19. The number of fused-ring (bicyclic) bond motifs is 1. The molecule has 3 heterocycles. The lowest BCUT2D eigenvalue weighted by atomic mass is 10.1. The van der Waals surface area contributed by atoms with Crippen LogP contribution >= 0.6 is 0 Å². The van der Waals surface area contributed by atoms with Crippen molar-refractivity contribution in [3.05, 3.63) is 59.7 Å². The van der Waals surface area contributed by atoms with Crippen molar-refractivity contribution in [1.29, 1.82) is 5.26 Å². The molecule has 2 aromatic heterocycles. The van der Waals surface area contributed by atoms with Gasteiger partial charge in [-0.15, -0.1) is 0 Å². The summed E-state index contributed by atoms with van der Waals surface area (Å²) >= 11 is 0. The Labute approximate surface area is 188 Å². The Morgan fingerprint density at radius 3 is 2.85 bits per heavy atom.